The van der Waals surface area contributed by atoms with Gasteiger partial charge >= 0.3 is 0 Å². The van der Waals surface area contributed by atoms with E-state index in [2.05, 4.69) is 40.2 Å². The van der Waals surface area contributed by atoms with Crippen molar-refractivity contribution in [1.29, 1.82) is 0 Å². The second kappa shape index (κ2) is 5.91. The topological polar surface area (TPSA) is 55.6 Å². The lowest BCUT2D eigenvalue weighted by molar-refractivity contribution is 0.820. The van der Waals surface area contributed by atoms with Crippen LogP contribution in [0.2, 0.25) is 0 Å². The number of nitrogens with zero attached hydrogens (tertiary/aromatic N) is 4. The molecule has 0 atom stereocenters. The highest BCUT2D eigenvalue weighted by atomic mass is 15.1. The summed E-state index contributed by atoms with van der Waals surface area (Å²) in [6, 6.07) is 10.0. The Morgan fingerprint density at radius 1 is 1.14 bits per heavy atom. The molecule has 1 N–H and O–H groups in total. The Kier molecular flexibility index (Phi) is 3.81. The second-order valence-electron chi connectivity index (χ2n) is 4.91. The monoisotopic (exact) mass is 281 g/mol. The van der Waals surface area contributed by atoms with Crippen molar-refractivity contribution in [3.63, 3.8) is 0 Å². The molecule has 0 aliphatic rings. The van der Waals surface area contributed by atoms with Crippen molar-refractivity contribution in [2.45, 2.75) is 26.7 Å². The van der Waals surface area contributed by atoms with E-state index in [0.717, 1.165) is 47.9 Å². The Bertz CT molecular complexity index is 723. The maximum atomic E-state index is 4.67. The van der Waals surface area contributed by atoms with Crippen LogP contribution in [0.25, 0.3) is 16.9 Å². The number of aromatic nitrogens is 4. The summed E-state index contributed by atoms with van der Waals surface area (Å²) in [5.74, 6) is 2.59. The van der Waals surface area contributed by atoms with Gasteiger partial charge < -0.3 is 5.32 Å². The van der Waals surface area contributed by atoms with Gasteiger partial charge in [0.25, 0.3) is 0 Å². The third kappa shape index (κ3) is 2.72. The fourth-order valence-corrected chi connectivity index (χ4v) is 2.36. The predicted octanol–water partition coefficient (Wildman–Crippen LogP) is 3.20. The van der Waals surface area contributed by atoms with Crippen molar-refractivity contribution >= 4 is 16.9 Å². The van der Waals surface area contributed by atoms with Crippen molar-refractivity contribution in [3.05, 3.63) is 42.5 Å². The lowest BCUT2D eigenvalue weighted by Crippen LogP contribution is -2.07. The lowest BCUT2D eigenvalue weighted by atomic mass is 10.3. The summed E-state index contributed by atoms with van der Waals surface area (Å²) in [5, 5.41) is 3.27. The van der Waals surface area contributed by atoms with E-state index in [-0.39, 0.29) is 0 Å². The summed E-state index contributed by atoms with van der Waals surface area (Å²) in [6.07, 6.45) is 3.72. The fraction of sp³-hybridized carbons (Fsp3) is 0.312. The molecule has 0 aliphatic carbocycles. The van der Waals surface area contributed by atoms with Crippen LogP contribution < -0.4 is 5.32 Å². The number of anilines is 1. The first-order chi connectivity index (χ1) is 10.3. The first kappa shape index (κ1) is 13.5. The second-order valence-corrected chi connectivity index (χ2v) is 4.91. The smallest absolute Gasteiger partial charge is 0.144 e. The molecular formula is C16H19N5. The summed E-state index contributed by atoms with van der Waals surface area (Å²) in [6.45, 7) is 5.04. The van der Waals surface area contributed by atoms with Crippen LogP contribution >= 0.6 is 0 Å². The molecule has 0 spiro atoms. The molecule has 108 valence electrons. The van der Waals surface area contributed by atoms with Gasteiger partial charge in [-0.25, -0.2) is 15.0 Å². The molecule has 3 rings (SSSR count). The normalized spacial score (nSPS) is 11.0. The summed E-state index contributed by atoms with van der Waals surface area (Å²) in [4.78, 5) is 13.6. The van der Waals surface area contributed by atoms with Crippen LogP contribution in [-0.4, -0.2) is 26.1 Å². The van der Waals surface area contributed by atoms with E-state index in [0.29, 0.717) is 0 Å². The number of benzene rings is 1. The minimum absolute atomic E-state index is 0.840. The molecule has 0 unspecified atom stereocenters. The summed E-state index contributed by atoms with van der Waals surface area (Å²) < 4.78 is 2.01. The van der Waals surface area contributed by atoms with E-state index in [4.69, 9.17) is 0 Å². The number of para-hydroxylation sites is 2. The van der Waals surface area contributed by atoms with Gasteiger partial charge in [-0.3, -0.25) is 4.57 Å². The number of aryl methyl sites for hydroxylation is 1. The van der Waals surface area contributed by atoms with Crippen molar-refractivity contribution in [3.8, 4) is 5.82 Å². The molecule has 21 heavy (non-hydrogen) atoms. The van der Waals surface area contributed by atoms with Gasteiger partial charge in [-0.2, -0.15) is 0 Å². The Morgan fingerprint density at radius 2 is 2.00 bits per heavy atom. The first-order valence-electron chi connectivity index (χ1n) is 7.36. The molecule has 0 amide bonds. The van der Waals surface area contributed by atoms with Gasteiger partial charge in [-0.15, -0.1) is 0 Å². The van der Waals surface area contributed by atoms with E-state index >= 15 is 0 Å². The van der Waals surface area contributed by atoms with Crippen molar-refractivity contribution in [1.82, 2.24) is 19.5 Å². The number of hydrogen-bond donors (Lipinski definition) is 1. The number of imidazole rings is 1. The van der Waals surface area contributed by atoms with Gasteiger partial charge in [-0.05, 0) is 25.5 Å². The van der Waals surface area contributed by atoms with Crippen LogP contribution in [0.15, 0.2) is 36.7 Å². The molecular weight excluding hydrogens is 262 g/mol. The standard InChI is InChI=1S/C16H19N5/c1-3-7-14-19-15(17-4-2)10-16(20-14)21-11-18-12-8-5-6-9-13(12)21/h5-6,8-11H,3-4,7H2,1-2H3,(H,17,19,20). The molecule has 0 bridgehead atoms. The highest BCUT2D eigenvalue weighted by Crippen LogP contribution is 2.18. The number of hydrogen-bond acceptors (Lipinski definition) is 4. The average molecular weight is 281 g/mol. The maximum absolute atomic E-state index is 4.67. The van der Waals surface area contributed by atoms with Crippen molar-refractivity contribution in [2.75, 3.05) is 11.9 Å². The molecule has 2 aromatic heterocycles. The van der Waals surface area contributed by atoms with E-state index in [1.165, 1.54) is 0 Å². The zero-order valence-electron chi connectivity index (χ0n) is 12.4. The molecule has 5 heteroatoms. The van der Waals surface area contributed by atoms with Gasteiger partial charge in [0.1, 0.15) is 23.8 Å². The summed E-state index contributed by atoms with van der Waals surface area (Å²) >= 11 is 0. The van der Waals surface area contributed by atoms with Crippen LogP contribution in [0.3, 0.4) is 0 Å². The summed E-state index contributed by atoms with van der Waals surface area (Å²) in [5.41, 5.74) is 2.03. The van der Waals surface area contributed by atoms with Gasteiger partial charge in [0.15, 0.2) is 0 Å². The SMILES string of the molecule is CCCc1nc(NCC)cc(-n2cnc3ccccc32)n1. The van der Waals surface area contributed by atoms with Gasteiger partial charge in [-0.1, -0.05) is 19.1 Å². The molecule has 0 saturated carbocycles. The predicted molar refractivity (Wildman–Crippen MR) is 84.8 cm³/mol. The summed E-state index contributed by atoms with van der Waals surface area (Å²) in [7, 11) is 0. The molecule has 0 fully saturated rings. The highest BCUT2D eigenvalue weighted by Gasteiger charge is 2.09. The average Bonchev–Trinajstić information content (AvgIpc) is 2.92. The van der Waals surface area contributed by atoms with Crippen molar-refractivity contribution < 1.29 is 0 Å². The van der Waals surface area contributed by atoms with Gasteiger partial charge in [0, 0.05) is 19.0 Å². The van der Waals surface area contributed by atoms with Crippen LogP contribution in [0.5, 0.6) is 0 Å². The third-order valence-electron chi connectivity index (χ3n) is 3.29. The van der Waals surface area contributed by atoms with Gasteiger partial charge in [0.05, 0.1) is 11.0 Å². The molecule has 5 nitrogen and oxygen atoms in total. The molecule has 0 aliphatic heterocycles. The molecule has 0 radical (unpaired) electrons. The van der Waals surface area contributed by atoms with Crippen molar-refractivity contribution in [2.24, 2.45) is 0 Å². The molecule has 3 aromatic rings. The third-order valence-corrected chi connectivity index (χ3v) is 3.29. The molecule has 0 saturated heterocycles. The quantitative estimate of drug-likeness (QED) is 0.780. The largest absolute Gasteiger partial charge is 0.370 e. The van der Waals surface area contributed by atoms with Crippen LogP contribution in [0.1, 0.15) is 26.1 Å². The van der Waals surface area contributed by atoms with Crippen LogP contribution in [-0.2, 0) is 6.42 Å². The molecule has 1 aromatic carbocycles. The van der Waals surface area contributed by atoms with Crippen LogP contribution in [0.4, 0.5) is 5.82 Å². The van der Waals surface area contributed by atoms with E-state index in [1.54, 1.807) is 0 Å². The molecule has 2 heterocycles. The zero-order chi connectivity index (χ0) is 14.7. The first-order valence-corrected chi connectivity index (χ1v) is 7.36. The number of fused-ring (bicyclic) bond motifs is 1. The zero-order valence-corrected chi connectivity index (χ0v) is 12.4. The Hall–Kier alpha value is -2.43. The Labute approximate surface area is 124 Å². The Morgan fingerprint density at radius 3 is 2.81 bits per heavy atom. The minimum atomic E-state index is 0.840. The van der Waals surface area contributed by atoms with E-state index in [9.17, 15) is 0 Å². The van der Waals surface area contributed by atoms with Gasteiger partial charge in [0.2, 0.25) is 0 Å². The highest BCUT2D eigenvalue weighted by molar-refractivity contribution is 5.76. The van der Waals surface area contributed by atoms with E-state index < -0.39 is 0 Å². The Balaban J connectivity index is 2.11. The fourth-order valence-electron chi connectivity index (χ4n) is 2.36. The van der Waals surface area contributed by atoms with E-state index in [1.807, 2.05) is 35.2 Å². The van der Waals surface area contributed by atoms with Crippen LogP contribution in [0, 0.1) is 0 Å². The maximum Gasteiger partial charge on any atom is 0.144 e. The number of nitrogens with one attached hydrogen (secondary N) is 1. The minimum Gasteiger partial charge on any atom is -0.370 e. The lowest BCUT2D eigenvalue weighted by Gasteiger charge is -2.09. The number of rotatable bonds is 5.